The fourth-order valence-corrected chi connectivity index (χ4v) is 1.91. The van der Waals surface area contributed by atoms with E-state index in [9.17, 15) is 4.79 Å². The molecule has 21 heavy (non-hydrogen) atoms. The highest BCUT2D eigenvalue weighted by molar-refractivity contribution is 5.78. The normalized spacial score (nSPS) is 11.4. The molecule has 6 nitrogen and oxygen atoms in total. The number of nitrogen functional groups attached to an aromatic ring is 1. The molecule has 2 rings (SSSR count). The molecular weight excluding hydrogens is 268 g/mol. The Hall–Kier alpha value is -2.94. The first-order chi connectivity index (χ1) is 10.2. The molecule has 0 radical (unpaired) electrons. The van der Waals surface area contributed by atoms with Gasteiger partial charge in [0.05, 0.1) is 37.2 Å². The van der Waals surface area contributed by atoms with Crippen molar-refractivity contribution in [3.05, 3.63) is 42.4 Å². The molecule has 2 N–H and O–H groups in total. The summed E-state index contributed by atoms with van der Waals surface area (Å²) in [6.45, 7) is 0. The molecule has 0 amide bonds. The number of anilines is 1. The first kappa shape index (κ1) is 14.5. The summed E-state index contributed by atoms with van der Waals surface area (Å²) in [5, 5.41) is 8.85. The van der Waals surface area contributed by atoms with Crippen LogP contribution in [0.25, 0.3) is 11.3 Å². The number of nitrogens with two attached hydrogens (primary N) is 1. The second-order valence-electron chi connectivity index (χ2n) is 4.34. The van der Waals surface area contributed by atoms with Crippen molar-refractivity contribution < 1.29 is 9.53 Å². The third kappa shape index (κ3) is 3.15. The van der Waals surface area contributed by atoms with E-state index >= 15 is 0 Å². The van der Waals surface area contributed by atoms with Gasteiger partial charge in [-0.15, -0.1) is 0 Å². The molecule has 1 heterocycles. The zero-order valence-electron chi connectivity index (χ0n) is 11.5. The minimum atomic E-state index is -0.817. The van der Waals surface area contributed by atoms with Crippen molar-refractivity contribution in [3.8, 4) is 17.3 Å². The number of rotatable bonds is 4. The summed E-state index contributed by atoms with van der Waals surface area (Å²) in [5.41, 5.74) is 7.66. The lowest BCUT2D eigenvalue weighted by atomic mass is 10.0. The number of carbonyl (C=O) groups excluding carboxylic acids is 1. The van der Waals surface area contributed by atoms with Crippen molar-refractivity contribution >= 4 is 11.7 Å². The molecule has 0 bridgehead atoms. The van der Waals surface area contributed by atoms with Crippen LogP contribution in [0.4, 0.5) is 5.69 Å². The summed E-state index contributed by atoms with van der Waals surface area (Å²) in [4.78, 5) is 20.2. The van der Waals surface area contributed by atoms with Crippen LogP contribution >= 0.6 is 0 Å². The molecule has 1 unspecified atom stereocenters. The van der Waals surface area contributed by atoms with Gasteiger partial charge in [-0.05, 0) is 0 Å². The minimum absolute atomic E-state index is 0.0508. The second-order valence-corrected chi connectivity index (χ2v) is 4.34. The number of nitrogens with zero attached hydrogens (tertiary/aromatic N) is 3. The Labute approximate surface area is 122 Å². The van der Waals surface area contributed by atoms with E-state index < -0.39 is 11.9 Å². The number of nitriles is 1. The lowest BCUT2D eigenvalue weighted by molar-refractivity contribution is -0.142. The predicted octanol–water partition coefficient (Wildman–Crippen LogP) is 1.90. The number of aromatic nitrogens is 2. The quantitative estimate of drug-likeness (QED) is 0.859. The van der Waals surface area contributed by atoms with E-state index in [-0.39, 0.29) is 12.2 Å². The molecule has 0 aliphatic rings. The average Bonchev–Trinajstić information content (AvgIpc) is 2.53. The van der Waals surface area contributed by atoms with Crippen LogP contribution in [0, 0.1) is 11.3 Å². The van der Waals surface area contributed by atoms with E-state index in [0.717, 1.165) is 5.56 Å². The molecule has 106 valence electrons. The lowest BCUT2D eigenvalue weighted by Gasteiger charge is -2.12. The predicted molar refractivity (Wildman–Crippen MR) is 76.9 cm³/mol. The maximum atomic E-state index is 11.8. The van der Waals surface area contributed by atoms with Crippen molar-refractivity contribution in [2.24, 2.45) is 0 Å². The van der Waals surface area contributed by atoms with Crippen molar-refractivity contribution in [2.45, 2.75) is 12.3 Å². The summed E-state index contributed by atoms with van der Waals surface area (Å²) < 4.78 is 4.69. The van der Waals surface area contributed by atoms with E-state index in [1.54, 1.807) is 0 Å². The van der Waals surface area contributed by atoms with Gasteiger partial charge in [0.2, 0.25) is 0 Å². The Kier molecular flexibility index (Phi) is 4.46. The van der Waals surface area contributed by atoms with Crippen LogP contribution in [0.5, 0.6) is 0 Å². The Morgan fingerprint density at radius 2 is 2.14 bits per heavy atom. The van der Waals surface area contributed by atoms with Crippen LogP contribution in [-0.2, 0) is 9.53 Å². The van der Waals surface area contributed by atoms with Crippen molar-refractivity contribution in [1.29, 1.82) is 5.26 Å². The van der Waals surface area contributed by atoms with Gasteiger partial charge in [-0.2, -0.15) is 5.26 Å². The van der Waals surface area contributed by atoms with Gasteiger partial charge in [-0.25, -0.2) is 9.97 Å². The Bertz CT molecular complexity index is 680. The van der Waals surface area contributed by atoms with Gasteiger partial charge in [0.1, 0.15) is 11.7 Å². The second kappa shape index (κ2) is 6.48. The molecule has 1 aromatic carbocycles. The van der Waals surface area contributed by atoms with E-state index in [4.69, 9.17) is 15.7 Å². The average molecular weight is 282 g/mol. The van der Waals surface area contributed by atoms with Gasteiger partial charge in [-0.3, -0.25) is 4.79 Å². The lowest BCUT2D eigenvalue weighted by Crippen LogP contribution is -2.17. The van der Waals surface area contributed by atoms with Crippen LogP contribution in [0.3, 0.4) is 0 Å². The third-order valence-electron chi connectivity index (χ3n) is 2.98. The zero-order valence-corrected chi connectivity index (χ0v) is 11.5. The number of methoxy groups -OCH3 is 1. The largest absolute Gasteiger partial charge is 0.468 e. The first-order valence-corrected chi connectivity index (χ1v) is 6.30. The maximum Gasteiger partial charge on any atom is 0.317 e. The van der Waals surface area contributed by atoms with Gasteiger partial charge in [0.25, 0.3) is 0 Å². The van der Waals surface area contributed by atoms with E-state index in [0.29, 0.717) is 11.4 Å². The van der Waals surface area contributed by atoms with Crippen molar-refractivity contribution in [3.63, 3.8) is 0 Å². The molecule has 0 saturated heterocycles. The molecule has 1 aromatic heterocycles. The maximum absolute atomic E-state index is 11.8. The molecule has 6 heteroatoms. The monoisotopic (exact) mass is 282 g/mol. The van der Waals surface area contributed by atoms with Gasteiger partial charge < -0.3 is 10.5 Å². The first-order valence-electron chi connectivity index (χ1n) is 6.30. The fraction of sp³-hybridized carbons (Fsp3) is 0.200. The Balaban J connectivity index is 2.47. The van der Waals surface area contributed by atoms with E-state index in [1.807, 2.05) is 36.4 Å². The number of esters is 1. The molecule has 1 atom stereocenters. The molecule has 0 aliphatic heterocycles. The SMILES string of the molecule is COC(=O)C(CC#N)c1ncc(N)c(-c2ccccc2)n1. The third-order valence-corrected chi connectivity index (χ3v) is 2.98. The molecule has 0 saturated carbocycles. The minimum Gasteiger partial charge on any atom is -0.468 e. The number of ether oxygens (including phenoxy) is 1. The van der Waals surface area contributed by atoms with Crippen molar-refractivity contribution in [1.82, 2.24) is 9.97 Å². The highest BCUT2D eigenvalue weighted by atomic mass is 16.5. The fourth-order valence-electron chi connectivity index (χ4n) is 1.91. The summed E-state index contributed by atoms with van der Waals surface area (Å²) in [6, 6.07) is 11.3. The molecule has 0 spiro atoms. The number of hydrogen-bond acceptors (Lipinski definition) is 6. The molecule has 0 fully saturated rings. The number of benzene rings is 1. The van der Waals surface area contributed by atoms with Crippen LogP contribution in [-0.4, -0.2) is 23.0 Å². The van der Waals surface area contributed by atoms with E-state index in [1.165, 1.54) is 13.3 Å². The van der Waals surface area contributed by atoms with E-state index in [2.05, 4.69) is 9.97 Å². The smallest absolute Gasteiger partial charge is 0.317 e. The van der Waals surface area contributed by atoms with Crippen molar-refractivity contribution in [2.75, 3.05) is 12.8 Å². The van der Waals surface area contributed by atoms with Gasteiger partial charge in [0, 0.05) is 5.56 Å². The summed E-state index contributed by atoms with van der Waals surface area (Å²) in [6.07, 6.45) is 1.39. The topological polar surface area (TPSA) is 102 Å². The summed E-state index contributed by atoms with van der Waals surface area (Å²) in [7, 11) is 1.27. The van der Waals surface area contributed by atoms with Crippen LogP contribution in [0.15, 0.2) is 36.5 Å². The Morgan fingerprint density at radius 1 is 1.43 bits per heavy atom. The molecule has 2 aromatic rings. The highest BCUT2D eigenvalue weighted by Gasteiger charge is 2.25. The highest BCUT2D eigenvalue weighted by Crippen LogP contribution is 2.26. The zero-order chi connectivity index (χ0) is 15.2. The summed E-state index contributed by atoms with van der Waals surface area (Å²) in [5.74, 6) is -1.13. The van der Waals surface area contributed by atoms with Crippen LogP contribution < -0.4 is 5.73 Å². The van der Waals surface area contributed by atoms with Gasteiger partial charge >= 0.3 is 5.97 Å². The Morgan fingerprint density at radius 3 is 2.76 bits per heavy atom. The summed E-state index contributed by atoms with van der Waals surface area (Å²) >= 11 is 0. The van der Waals surface area contributed by atoms with Gasteiger partial charge in [-0.1, -0.05) is 30.3 Å². The van der Waals surface area contributed by atoms with Crippen LogP contribution in [0.2, 0.25) is 0 Å². The molecule has 0 aliphatic carbocycles. The number of hydrogen-bond donors (Lipinski definition) is 1. The van der Waals surface area contributed by atoms with Gasteiger partial charge in [0.15, 0.2) is 0 Å². The standard InChI is InChI=1S/C15H14N4O2/c1-21-15(20)11(7-8-16)14-18-9-12(17)13(19-14)10-5-3-2-4-6-10/h2-6,9,11H,7,17H2,1H3. The number of carbonyl (C=O) groups is 1. The van der Waals surface area contributed by atoms with Crippen LogP contribution in [0.1, 0.15) is 18.2 Å². The molecular formula is C15H14N4O2.